The lowest BCUT2D eigenvalue weighted by molar-refractivity contribution is -0.138. The molecule has 1 aromatic carbocycles. The molecule has 0 radical (unpaired) electrons. The second kappa shape index (κ2) is 8.39. The summed E-state index contributed by atoms with van der Waals surface area (Å²) in [7, 11) is 0. The Balaban J connectivity index is 2.27. The van der Waals surface area contributed by atoms with Crippen molar-refractivity contribution in [1.29, 1.82) is 5.26 Å². The lowest BCUT2D eigenvalue weighted by Gasteiger charge is -2.23. The molecule has 1 aromatic rings. The quantitative estimate of drug-likeness (QED) is 0.629. The molecule has 1 aliphatic heterocycles. The van der Waals surface area contributed by atoms with Crippen LogP contribution in [0.15, 0.2) is 6.07 Å². The summed E-state index contributed by atoms with van der Waals surface area (Å²) in [6, 6.07) is 1.73. The Bertz CT molecular complexity index is 888. The highest BCUT2D eigenvalue weighted by molar-refractivity contribution is 5.96. The topological polar surface area (TPSA) is 129 Å². The Hall–Kier alpha value is -3.00. The predicted molar refractivity (Wildman–Crippen MR) is 101 cm³/mol. The zero-order valence-corrected chi connectivity index (χ0v) is 16.8. The number of carbonyl (C=O) groups is 2. The summed E-state index contributed by atoms with van der Waals surface area (Å²) < 4.78 is 45.9. The number of alkyl carbamates (subject to hydrolysis) is 1. The highest BCUT2D eigenvalue weighted by Gasteiger charge is 2.38. The molecule has 1 aliphatic rings. The smallest absolute Gasteiger partial charge is 0.416 e. The van der Waals surface area contributed by atoms with E-state index in [0.717, 1.165) is 0 Å². The largest absolute Gasteiger partial charge is 0.478 e. The Morgan fingerprint density at radius 3 is 2.53 bits per heavy atom. The first kappa shape index (κ1) is 23.3. The molecule has 1 amide bonds. The fraction of sp³-hybridized carbons (Fsp3) is 0.526. The maximum atomic E-state index is 13.6. The third-order valence-electron chi connectivity index (χ3n) is 4.50. The molecule has 0 unspecified atom stereocenters. The fourth-order valence-corrected chi connectivity index (χ4v) is 3.25. The van der Waals surface area contributed by atoms with Crippen LogP contribution in [-0.2, 0) is 17.5 Å². The average molecular weight is 428 g/mol. The van der Waals surface area contributed by atoms with Crippen LogP contribution in [0, 0.1) is 11.3 Å². The summed E-state index contributed by atoms with van der Waals surface area (Å²) in [4.78, 5) is 24.8. The minimum Gasteiger partial charge on any atom is -0.478 e. The first-order valence-electron chi connectivity index (χ1n) is 9.10. The number of amides is 1. The summed E-state index contributed by atoms with van der Waals surface area (Å²) in [5, 5.41) is 21.2. The number of likely N-dealkylation sites (tertiary alicyclic amines) is 1. The number of halogens is 3. The van der Waals surface area contributed by atoms with Gasteiger partial charge < -0.3 is 20.9 Å². The average Bonchev–Trinajstić information content (AvgIpc) is 2.98. The van der Waals surface area contributed by atoms with E-state index in [1.807, 2.05) is 0 Å². The number of nitrogens with two attached hydrogens (primary N) is 1. The van der Waals surface area contributed by atoms with Crippen molar-refractivity contribution in [2.45, 2.75) is 51.6 Å². The third-order valence-corrected chi connectivity index (χ3v) is 4.50. The molecule has 0 bridgehead atoms. The van der Waals surface area contributed by atoms with E-state index < -0.39 is 46.2 Å². The molecule has 0 saturated carbocycles. The van der Waals surface area contributed by atoms with Gasteiger partial charge in [0, 0.05) is 25.7 Å². The molecule has 0 aliphatic carbocycles. The molecule has 1 atom stereocenters. The molecule has 4 N–H and O–H groups in total. The molecule has 2 rings (SSSR count). The van der Waals surface area contributed by atoms with Gasteiger partial charge in [0.25, 0.3) is 0 Å². The molecular formula is C19H23F3N4O4. The highest BCUT2D eigenvalue weighted by atomic mass is 19.4. The number of carboxylic acids is 1. The number of aromatic carboxylic acids is 1. The van der Waals surface area contributed by atoms with Crippen molar-refractivity contribution in [1.82, 2.24) is 10.2 Å². The standard InChI is InChI=1S/C19H23F3N4O4/c1-18(2,3)30-17(29)25-10-4-5-26(8-10)9-13-12(7-23)15(24)11(16(27)28)6-14(13)19(20,21)22/h6,10H,4-5,8-9,24H2,1-3H3,(H,25,29)(H,27,28)/t10-/m1/s1. The molecule has 164 valence electrons. The second-order valence-corrected chi connectivity index (χ2v) is 8.02. The minimum atomic E-state index is -4.87. The fourth-order valence-electron chi connectivity index (χ4n) is 3.25. The molecule has 30 heavy (non-hydrogen) atoms. The number of rotatable bonds is 4. The van der Waals surface area contributed by atoms with E-state index in [2.05, 4.69) is 5.32 Å². The number of ether oxygens (including phenoxy) is 1. The van der Waals surface area contributed by atoms with E-state index in [-0.39, 0.29) is 24.7 Å². The van der Waals surface area contributed by atoms with Crippen LogP contribution in [0.4, 0.5) is 23.7 Å². The van der Waals surface area contributed by atoms with Crippen molar-refractivity contribution in [3.63, 3.8) is 0 Å². The van der Waals surface area contributed by atoms with E-state index in [4.69, 9.17) is 15.6 Å². The number of anilines is 1. The molecule has 8 nitrogen and oxygen atoms in total. The van der Waals surface area contributed by atoms with Crippen molar-refractivity contribution in [3.05, 3.63) is 28.3 Å². The lowest BCUT2D eigenvalue weighted by Crippen LogP contribution is -2.40. The normalized spacial score (nSPS) is 17.4. The lowest BCUT2D eigenvalue weighted by atomic mass is 9.95. The van der Waals surface area contributed by atoms with Gasteiger partial charge in [-0.15, -0.1) is 0 Å². The van der Waals surface area contributed by atoms with Crippen molar-refractivity contribution in [2.24, 2.45) is 0 Å². The van der Waals surface area contributed by atoms with Gasteiger partial charge in [0.1, 0.15) is 11.7 Å². The molecule has 1 fully saturated rings. The number of nitrogen functional groups attached to an aromatic ring is 1. The van der Waals surface area contributed by atoms with E-state index in [0.29, 0.717) is 19.0 Å². The van der Waals surface area contributed by atoms with Crippen molar-refractivity contribution < 1.29 is 32.6 Å². The van der Waals surface area contributed by atoms with Gasteiger partial charge in [0.2, 0.25) is 0 Å². The molecule has 11 heteroatoms. The van der Waals surface area contributed by atoms with Crippen LogP contribution < -0.4 is 11.1 Å². The van der Waals surface area contributed by atoms with E-state index in [1.165, 1.54) is 0 Å². The predicted octanol–water partition coefficient (Wildman–Crippen LogP) is 2.96. The van der Waals surface area contributed by atoms with E-state index in [1.54, 1.807) is 31.7 Å². The van der Waals surface area contributed by atoms with Gasteiger partial charge >= 0.3 is 18.2 Å². The minimum absolute atomic E-state index is 0.238. The first-order chi connectivity index (χ1) is 13.7. The number of carbonyl (C=O) groups excluding carboxylic acids is 1. The number of benzene rings is 1. The van der Waals surface area contributed by atoms with E-state index in [9.17, 15) is 28.0 Å². The summed E-state index contributed by atoms with van der Waals surface area (Å²) in [6.07, 6.45) is -5.02. The van der Waals surface area contributed by atoms with Gasteiger partial charge in [0.05, 0.1) is 22.4 Å². The molecular weight excluding hydrogens is 405 g/mol. The SMILES string of the molecule is CC(C)(C)OC(=O)N[C@@H]1CCN(Cc2c(C(F)(F)F)cc(C(=O)O)c(N)c2C#N)C1. The Labute approximate surface area is 171 Å². The van der Waals surface area contributed by atoms with Crippen LogP contribution in [0.1, 0.15) is 54.2 Å². The number of nitrogens with one attached hydrogen (secondary N) is 1. The van der Waals surface area contributed by atoms with Gasteiger partial charge in [0.15, 0.2) is 0 Å². The van der Waals surface area contributed by atoms with Crippen LogP contribution in [0.5, 0.6) is 0 Å². The summed E-state index contributed by atoms with van der Waals surface area (Å²) in [5.74, 6) is -1.65. The number of alkyl halides is 3. The second-order valence-electron chi connectivity index (χ2n) is 8.02. The number of carboxylic acid groups (broad SMARTS) is 1. The number of hydrogen-bond acceptors (Lipinski definition) is 6. The summed E-state index contributed by atoms with van der Waals surface area (Å²) >= 11 is 0. The highest BCUT2D eigenvalue weighted by Crippen LogP contribution is 2.38. The molecule has 1 saturated heterocycles. The van der Waals surface area contributed by atoms with E-state index >= 15 is 0 Å². The molecule has 0 spiro atoms. The Morgan fingerprint density at radius 2 is 2.03 bits per heavy atom. The number of nitrogens with zero attached hydrogens (tertiary/aromatic N) is 2. The molecule has 0 aromatic heterocycles. The first-order valence-corrected chi connectivity index (χ1v) is 9.10. The van der Waals surface area contributed by atoms with Gasteiger partial charge in [-0.25, -0.2) is 9.59 Å². The van der Waals surface area contributed by atoms with Crippen LogP contribution in [-0.4, -0.2) is 46.8 Å². The molecule has 1 heterocycles. The van der Waals surface area contributed by atoms with Crippen molar-refractivity contribution >= 4 is 17.7 Å². The zero-order valence-electron chi connectivity index (χ0n) is 16.8. The Kier molecular flexibility index (Phi) is 6.51. The summed E-state index contributed by atoms with van der Waals surface area (Å²) in [5.41, 5.74) is 1.61. The number of nitriles is 1. The van der Waals surface area contributed by atoms with Gasteiger partial charge in [-0.2, -0.15) is 18.4 Å². The van der Waals surface area contributed by atoms with Crippen LogP contribution in [0.2, 0.25) is 0 Å². The van der Waals surface area contributed by atoms with Crippen molar-refractivity contribution in [2.75, 3.05) is 18.8 Å². The zero-order chi connectivity index (χ0) is 22.9. The van der Waals surface area contributed by atoms with Gasteiger partial charge in [-0.1, -0.05) is 0 Å². The van der Waals surface area contributed by atoms with Crippen molar-refractivity contribution in [3.8, 4) is 6.07 Å². The maximum Gasteiger partial charge on any atom is 0.416 e. The third kappa shape index (κ3) is 5.54. The number of hydrogen-bond donors (Lipinski definition) is 3. The maximum absolute atomic E-state index is 13.6. The van der Waals surface area contributed by atoms with Crippen LogP contribution >= 0.6 is 0 Å². The van der Waals surface area contributed by atoms with Gasteiger partial charge in [-0.05, 0) is 38.8 Å². The van der Waals surface area contributed by atoms with Gasteiger partial charge in [-0.3, -0.25) is 4.90 Å². The Morgan fingerprint density at radius 1 is 1.40 bits per heavy atom. The monoisotopic (exact) mass is 428 g/mol. The van der Waals surface area contributed by atoms with Crippen LogP contribution in [0.25, 0.3) is 0 Å². The summed E-state index contributed by atoms with van der Waals surface area (Å²) in [6.45, 7) is 5.46. The van der Waals surface area contributed by atoms with Crippen LogP contribution in [0.3, 0.4) is 0 Å².